The lowest BCUT2D eigenvalue weighted by Gasteiger charge is -2.20. The minimum absolute atomic E-state index is 0.159. The molecule has 2 nitrogen and oxygen atoms in total. The molecule has 0 saturated heterocycles. The van der Waals surface area contributed by atoms with Crippen LogP contribution in [0.3, 0.4) is 0 Å². The van der Waals surface area contributed by atoms with E-state index >= 15 is 0 Å². The fourth-order valence-corrected chi connectivity index (χ4v) is 4.07. The van der Waals surface area contributed by atoms with Gasteiger partial charge in [0.1, 0.15) is 0 Å². The summed E-state index contributed by atoms with van der Waals surface area (Å²) >= 11 is 0. The van der Waals surface area contributed by atoms with E-state index in [1.165, 1.54) is 12.1 Å². The molecule has 4 aromatic carbocycles. The Labute approximate surface area is 217 Å². The molecule has 38 heavy (non-hydrogen) atoms. The van der Waals surface area contributed by atoms with Gasteiger partial charge in [-0.05, 0) is 60.4 Å². The fourth-order valence-electron chi connectivity index (χ4n) is 4.07. The van der Waals surface area contributed by atoms with Crippen LogP contribution in [0.25, 0.3) is 11.1 Å². The molecular formula is C30H26F6N2. The number of nitrogens with one attached hydrogen (secondary N) is 2. The Balaban J connectivity index is 1.65. The van der Waals surface area contributed by atoms with E-state index in [2.05, 4.69) is 10.6 Å². The van der Waals surface area contributed by atoms with E-state index in [9.17, 15) is 26.3 Å². The third kappa shape index (κ3) is 6.68. The van der Waals surface area contributed by atoms with E-state index in [0.717, 1.165) is 46.5 Å². The van der Waals surface area contributed by atoms with Crippen LogP contribution in [0.5, 0.6) is 0 Å². The van der Waals surface area contributed by atoms with Crippen LogP contribution in [0.4, 0.5) is 37.7 Å². The van der Waals surface area contributed by atoms with Gasteiger partial charge >= 0.3 is 12.4 Å². The first kappa shape index (κ1) is 27.1. The highest BCUT2D eigenvalue weighted by molar-refractivity contribution is 5.76. The number of anilines is 2. The largest absolute Gasteiger partial charge is 0.417 e. The maximum absolute atomic E-state index is 14.0. The Kier molecular flexibility index (Phi) is 7.71. The minimum atomic E-state index is -4.86. The van der Waals surface area contributed by atoms with E-state index in [1.54, 1.807) is 0 Å². The molecule has 0 unspecified atom stereocenters. The summed E-state index contributed by atoms with van der Waals surface area (Å²) in [6.07, 6.45) is -9.72. The predicted molar refractivity (Wildman–Crippen MR) is 139 cm³/mol. The van der Waals surface area contributed by atoms with Crippen molar-refractivity contribution in [1.29, 1.82) is 0 Å². The Hall–Kier alpha value is -3.94. The zero-order valence-electron chi connectivity index (χ0n) is 20.8. The topological polar surface area (TPSA) is 24.1 Å². The number of hydrogen-bond acceptors (Lipinski definition) is 2. The molecule has 2 N–H and O–H groups in total. The Morgan fingerprint density at radius 2 is 0.842 bits per heavy atom. The number of halogens is 6. The van der Waals surface area contributed by atoms with Gasteiger partial charge in [-0.25, -0.2) is 0 Å². The third-order valence-electron chi connectivity index (χ3n) is 6.17. The molecule has 0 atom stereocenters. The van der Waals surface area contributed by atoms with Crippen molar-refractivity contribution >= 4 is 11.4 Å². The second-order valence-corrected chi connectivity index (χ2v) is 9.19. The second kappa shape index (κ2) is 10.8. The molecule has 0 fully saturated rings. The van der Waals surface area contributed by atoms with Crippen molar-refractivity contribution < 1.29 is 26.3 Å². The molecule has 198 valence electrons. The molecule has 0 aliphatic rings. The maximum atomic E-state index is 14.0. The smallest absolute Gasteiger partial charge is 0.381 e. The SMILES string of the molecule is Cc1ccc(CNc2ccc(-c3ccc(NCc4ccc(C)cc4)cc3C(F)(F)F)c(C(F)(F)F)c2)cc1. The number of aryl methyl sites for hydroxylation is 2. The van der Waals surface area contributed by atoms with Crippen LogP contribution in [0, 0.1) is 13.8 Å². The van der Waals surface area contributed by atoms with Crippen LogP contribution < -0.4 is 10.6 Å². The van der Waals surface area contributed by atoms with Gasteiger partial charge in [0, 0.05) is 24.5 Å². The molecule has 0 saturated carbocycles. The van der Waals surface area contributed by atoms with Crippen molar-refractivity contribution in [2.24, 2.45) is 0 Å². The van der Waals surface area contributed by atoms with Crippen molar-refractivity contribution in [2.45, 2.75) is 39.3 Å². The molecule has 0 spiro atoms. The summed E-state index contributed by atoms with van der Waals surface area (Å²) in [5.41, 5.74) is 0.797. The van der Waals surface area contributed by atoms with E-state index in [-0.39, 0.29) is 24.5 Å². The van der Waals surface area contributed by atoms with E-state index in [1.807, 2.05) is 62.4 Å². The first-order valence-electron chi connectivity index (χ1n) is 11.9. The van der Waals surface area contributed by atoms with Crippen molar-refractivity contribution in [2.75, 3.05) is 10.6 Å². The summed E-state index contributed by atoms with van der Waals surface area (Å²) < 4.78 is 84.3. The number of hydrogen-bond donors (Lipinski definition) is 2. The number of alkyl halides is 6. The highest BCUT2D eigenvalue weighted by atomic mass is 19.4. The quantitative estimate of drug-likeness (QED) is 0.234. The molecule has 4 rings (SSSR count). The lowest BCUT2D eigenvalue weighted by Crippen LogP contribution is -2.13. The van der Waals surface area contributed by atoms with Gasteiger partial charge in [0.25, 0.3) is 0 Å². The van der Waals surface area contributed by atoms with Gasteiger partial charge in [-0.3, -0.25) is 0 Å². The number of rotatable bonds is 7. The average Bonchev–Trinajstić information content (AvgIpc) is 2.87. The van der Waals surface area contributed by atoms with Crippen LogP contribution in [0.2, 0.25) is 0 Å². The molecule has 0 bridgehead atoms. The molecule has 0 aliphatic heterocycles. The zero-order valence-corrected chi connectivity index (χ0v) is 20.8. The lowest BCUT2D eigenvalue weighted by atomic mass is 9.93. The van der Waals surface area contributed by atoms with Crippen LogP contribution >= 0.6 is 0 Å². The van der Waals surface area contributed by atoms with Gasteiger partial charge in [0.15, 0.2) is 0 Å². The summed E-state index contributed by atoms with van der Waals surface area (Å²) in [5.74, 6) is 0. The molecule has 4 aromatic rings. The Morgan fingerprint density at radius 1 is 0.500 bits per heavy atom. The van der Waals surface area contributed by atoms with Crippen LogP contribution in [0.15, 0.2) is 84.9 Å². The lowest BCUT2D eigenvalue weighted by molar-refractivity contribution is -0.139. The van der Waals surface area contributed by atoms with E-state index < -0.39 is 34.6 Å². The van der Waals surface area contributed by atoms with Crippen LogP contribution in [0.1, 0.15) is 33.4 Å². The van der Waals surface area contributed by atoms with Crippen molar-refractivity contribution in [3.05, 3.63) is 118 Å². The summed E-state index contributed by atoms with van der Waals surface area (Å²) in [7, 11) is 0. The summed E-state index contributed by atoms with van der Waals surface area (Å²) in [4.78, 5) is 0. The highest BCUT2D eigenvalue weighted by Gasteiger charge is 2.38. The normalized spacial score (nSPS) is 11.9. The third-order valence-corrected chi connectivity index (χ3v) is 6.17. The predicted octanol–water partition coefficient (Wildman–Crippen LogP) is 9.23. The minimum Gasteiger partial charge on any atom is -0.381 e. The van der Waals surface area contributed by atoms with Gasteiger partial charge in [-0.2, -0.15) is 26.3 Å². The molecule has 0 radical (unpaired) electrons. The van der Waals surface area contributed by atoms with Gasteiger partial charge in [-0.1, -0.05) is 71.8 Å². The van der Waals surface area contributed by atoms with Crippen LogP contribution in [-0.4, -0.2) is 0 Å². The van der Waals surface area contributed by atoms with Gasteiger partial charge in [0.2, 0.25) is 0 Å². The Morgan fingerprint density at radius 3 is 1.16 bits per heavy atom. The number of benzene rings is 4. The molecule has 0 heterocycles. The van der Waals surface area contributed by atoms with E-state index in [0.29, 0.717) is 0 Å². The van der Waals surface area contributed by atoms with Gasteiger partial charge in [0.05, 0.1) is 11.1 Å². The molecule has 0 amide bonds. The second-order valence-electron chi connectivity index (χ2n) is 9.19. The fraction of sp³-hybridized carbons (Fsp3) is 0.200. The molecule has 0 aliphatic carbocycles. The maximum Gasteiger partial charge on any atom is 0.417 e. The highest BCUT2D eigenvalue weighted by Crippen LogP contribution is 2.44. The standard InChI is InChI=1S/C30H26F6N2/c1-19-3-7-21(8-4-19)17-37-23-11-13-25(27(15-23)29(31,32)33)26-14-12-24(16-28(26)30(34,35)36)38-18-22-9-5-20(2)6-10-22/h3-16,37-38H,17-18H2,1-2H3. The van der Waals surface area contributed by atoms with Crippen molar-refractivity contribution in [1.82, 2.24) is 0 Å². The molecular weight excluding hydrogens is 502 g/mol. The zero-order chi connectivity index (χ0) is 27.5. The molecule has 8 heteroatoms. The first-order chi connectivity index (χ1) is 17.9. The van der Waals surface area contributed by atoms with Crippen LogP contribution in [-0.2, 0) is 25.4 Å². The van der Waals surface area contributed by atoms with Crippen molar-refractivity contribution in [3.63, 3.8) is 0 Å². The monoisotopic (exact) mass is 528 g/mol. The van der Waals surface area contributed by atoms with E-state index in [4.69, 9.17) is 0 Å². The summed E-state index contributed by atoms with van der Waals surface area (Å²) in [6.45, 7) is 4.39. The molecule has 0 aromatic heterocycles. The first-order valence-corrected chi connectivity index (χ1v) is 11.9. The average molecular weight is 529 g/mol. The van der Waals surface area contributed by atoms with Gasteiger partial charge < -0.3 is 10.6 Å². The van der Waals surface area contributed by atoms with Crippen molar-refractivity contribution in [3.8, 4) is 11.1 Å². The van der Waals surface area contributed by atoms with Gasteiger partial charge in [-0.15, -0.1) is 0 Å². The summed E-state index contributed by atoms with van der Waals surface area (Å²) in [5, 5.41) is 5.86. The summed E-state index contributed by atoms with van der Waals surface area (Å²) in [6, 6.07) is 21.6. The Bertz CT molecular complexity index is 1280.